The van der Waals surface area contributed by atoms with E-state index in [1.807, 2.05) is 0 Å². The van der Waals surface area contributed by atoms with Crippen LogP contribution in [0.5, 0.6) is 0 Å². The van der Waals surface area contributed by atoms with Gasteiger partial charge in [-0.3, -0.25) is 4.99 Å². The fourth-order valence-electron chi connectivity index (χ4n) is 2.42. The maximum Gasteiger partial charge on any atom is 0.105 e. The number of rotatable bonds is 0. The average molecular weight is 180 g/mol. The molecule has 0 N–H and O–H groups in total. The van der Waals surface area contributed by atoms with Crippen LogP contribution >= 0.6 is 0 Å². The normalized spacial score (nSPS) is 28.7. The van der Waals surface area contributed by atoms with Crippen LogP contribution in [0.15, 0.2) is 4.99 Å². The smallest absolute Gasteiger partial charge is 0.105 e. The molecule has 0 aromatic carbocycles. The molecule has 0 saturated carbocycles. The molecule has 1 saturated heterocycles. The first-order chi connectivity index (χ1) is 6.09. The van der Waals surface area contributed by atoms with E-state index in [-0.39, 0.29) is 5.41 Å². The lowest BCUT2D eigenvalue weighted by atomic mass is 9.92. The van der Waals surface area contributed by atoms with Crippen molar-refractivity contribution in [3.8, 4) is 0 Å². The molecule has 2 heteroatoms. The van der Waals surface area contributed by atoms with Crippen molar-refractivity contribution in [2.75, 3.05) is 13.1 Å². The second-order valence-corrected chi connectivity index (χ2v) is 5.26. The Morgan fingerprint density at radius 2 is 2.08 bits per heavy atom. The van der Waals surface area contributed by atoms with Crippen LogP contribution in [0, 0.1) is 5.41 Å². The van der Waals surface area contributed by atoms with Gasteiger partial charge in [0.1, 0.15) is 5.84 Å². The third-order valence-corrected chi connectivity index (χ3v) is 3.02. The highest BCUT2D eigenvalue weighted by molar-refractivity contribution is 5.89. The molecule has 0 aliphatic carbocycles. The topological polar surface area (TPSA) is 15.6 Å². The maximum atomic E-state index is 4.69. The van der Waals surface area contributed by atoms with Gasteiger partial charge in [-0.05, 0) is 19.3 Å². The lowest BCUT2D eigenvalue weighted by Gasteiger charge is -2.36. The first-order valence-corrected chi connectivity index (χ1v) is 5.40. The van der Waals surface area contributed by atoms with Gasteiger partial charge in [0.2, 0.25) is 0 Å². The standard InChI is InChI=1S/C11H20N2/c1-11(2,3)10-12-8-9-6-4-5-7-13(9)10/h9H,4-8H2,1-3H3. The van der Waals surface area contributed by atoms with Crippen molar-refractivity contribution in [2.24, 2.45) is 10.4 Å². The van der Waals surface area contributed by atoms with Crippen LogP contribution in [0.3, 0.4) is 0 Å². The van der Waals surface area contributed by atoms with Gasteiger partial charge in [-0.25, -0.2) is 0 Å². The molecule has 1 fully saturated rings. The monoisotopic (exact) mass is 180 g/mol. The summed E-state index contributed by atoms with van der Waals surface area (Å²) in [4.78, 5) is 7.24. The van der Waals surface area contributed by atoms with Crippen LogP contribution in [0.1, 0.15) is 40.0 Å². The molecule has 0 bridgehead atoms. The van der Waals surface area contributed by atoms with Crippen molar-refractivity contribution < 1.29 is 0 Å². The molecule has 13 heavy (non-hydrogen) atoms. The summed E-state index contributed by atoms with van der Waals surface area (Å²) in [5, 5.41) is 0. The number of fused-ring (bicyclic) bond motifs is 1. The second kappa shape index (κ2) is 3.00. The Morgan fingerprint density at radius 1 is 1.31 bits per heavy atom. The molecule has 74 valence electrons. The van der Waals surface area contributed by atoms with Crippen LogP contribution < -0.4 is 0 Å². The zero-order valence-corrected chi connectivity index (χ0v) is 9.01. The highest BCUT2D eigenvalue weighted by Gasteiger charge is 2.35. The van der Waals surface area contributed by atoms with E-state index in [1.54, 1.807) is 0 Å². The number of aliphatic imine (C=N–C) groups is 1. The van der Waals surface area contributed by atoms with Crippen molar-refractivity contribution >= 4 is 5.84 Å². The molecule has 2 aliphatic heterocycles. The first-order valence-electron chi connectivity index (χ1n) is 5.40. The van der Waals surface area contributed by atoms with E-state index >= 15 is 0 Å². The summed E-state index contributed by atoms with van der Waals surface area (Å²) in [6.45, 7) is 9.09. The van der Waals surface area contributed by atoms with Gasteiger partial charge in [0.25, 0.3) is 0 Å². The number of amidine groups is 1. The summed E-state index contributed by atoms with van der Waals surface area (Å²) < 4.78 is 0. The fraction of sp³-hybridized carbons (Fsp3) is 0.909. The van der Waals surface area contributed by atoms with Crippen molar-refractivity contribution in [1.29, 1.82) is 0 Å². The molecule has 2 rings (SSSR count). The lowest BCUT2D eigenvalue weighted by Crippen LogP contribution is -2.44. The van der Waals surface area contributed by atoms with Crippen molar-refractivity contribution in [3.63, 3.8) is 0 Å². The van der Waals surface area contributed by atoms with Crippen LogP contribution in [0.25, 0.3) is 0 Å². The van der Waals surface area contributed by atoms with E-state index in [2.05, 4.69) is 25.7 Å². The summed E-state index contributed by atoms with van der Waals surface area (Å²) in [6, 6.07) is 0.739. The van der Waals surface area contributed by atoms with Gasteiger partial charge in [0, 0.05) is 18.0 Å². The third-order valence-electron chi connectivity index (χ3n) is 3.02. The Hall–Kier alpha value is -0.530. The molecular formula is C11H20N2. The maximum absolute atomic E-state index is 4.69. The second-order valence-electron chi connectivity index (χ2n) is 5.26. The van der Waals surface area contributed by atoms with Gasteiger partial charge in [-0.1, -0.05) is 20.8 Å². The summed E-state index contributed by atoms with van der Waals surface area (Å²) >= 11 is 0. The molecule has 1 atom stereocenters. The minimum atomic E-state index is 0.242. The molecule has 0 amide bonds. The Bertz CT molecular complexity index is 225. The van der Waals surface area contributed by atoms with Gasteiger partial charge < -0.3 is 4.90 Å². The van der Waals surface area contributed by atoms with Gasteiger partial charge in [-0.15, -0.1) is 0 Å². The van der Waals surface area contributed by atoms with Gasteiger partial charge in [0.05, 0.1) is 6.54 Å². The van der Waals surface area contributed by atoms with Gasteiger partial charge in [0.15, 0.2) is 0 Å². The van der Waals surface area contributed by atoms with Crippen LogP contribution in [-0.2, 0) is 0 Å². The molecule has 0 radical (unpaired) electrons. The minimum absolute atomic E-state index is 0.242. The van der Waals surface area contributed by atoms with Gasteiger partial charge >= 0.3 is 0 Å². The van der Waals surface area contributed by atoms with Crippen LogP contribution in [-0.4, -0.2) is 29.9 Å². The molecule has 0 spiro atoms. The summed E-state index contributed by atoms with van der Waals surface area (Å²) in [5.74, 6) is 1.34. The van der Waals surface area contributed by atoms with Gasteiger partial charge in [-0.2, -0.15) is 0 Å². The Labute approximate surface area is 81.0 Å². The van der Waals surface area contributed by atoms with E-state index in [9.17, 15) is 0 Å². The zero-order chi connectivity index (χ0) is 9.47. The molecule has 0 aromatic rings. The number of piperidine rings is 1. The van der Waals surface area contributed by atoms with Crippen molar-refractivity contribution in [2.45, 2.75) is 46.1 Å². The number of hydrogen-bond acceptors (Lipinski definition) is 2. The first kappa shape index (κ1) is 9.04. The van der Waals surface area contributed by atoms with Crippen LogP contribution in [0.4, 0.5) is 0 Å². The highest BCUT2D eigenvalue weighted by atomic mass is 15.3. The SMILES string of the molecule is CC(C)(C)C1=NCC2CCCCN12. The van der Waals surface area contributed by atoms with Crippen molar-refractivity contribution in [3.05, 3.63) is 0 Å². The molecule has 2 nitrogen and oxygen atoms in total. The molecular weight excluding hydrogens is 160 g/mol. The predicted octanol–water partition coefficient (Wildman–Crippen LogP) is 2.30. The molecule has 2 heterocycles. The van der Waals surface area contributed by atoms with E-state index in [0.29, 0.717) is 0 Å². The largest absolute Gasteiger partial charge is 0.355 e. The minimum Gasteiger partial charge on any atom is -0.355 e. The van der Waals surface area contributed by atoms with E-state index in [4.69, 9.17) is 4.99 Å². The quantitative estimate of drug-likeness (QED) is 0.558. The predicted molar refractivity (Wildman–Crippen MR) is 56.1 cm³/mol. The highest BCUT2D eigenvalue weighted by Crippen LogP contribution is 2.29. The van der Waals surface area contributed by atoms with E-state index in [1.165, 1.54) is 31.6 Å². The molecule has 2 aliphatic rings. The Morgan fingerprint density at radius 3 is 2.77 bits per heavy atom. The number of hydrogen-bond donors (Lipinski definition) is 0. The molecule has 1 unspecified atom stereocenters. The average Bonchev–Trinajstić information content (AvgIpc) is 2.45. The lowest BCUT2D eigenvalue weighted by molar-refractivity contribution is 0.252. The Balaban J connectivity index is 2.14. The fourth-order valence-corrected chi connectivity index (χ4v) is 2.42. The summed E-state index contributed by atoms with van der Waals surface area (Å²) in [6.07, 6.45) is 4.10. The van der Waals surface area contributed by atoms with E-state index in [0.717, 1.165) is 12.6 Å². The zero-order valence-electron chi connectivity index (χ0n) is 9.01. The summed E-state index contributed by atoms with van der Waals surface area (Å²) in [5.41, 5.74) is 0.242. The third kappa shape index (κ3) is 1.59. The van der Waals surface area contributed by atoms with Crippen LogP contribution in [0.2, 0.25) is 0 Å². The number of nitrogens with zero attached hydrogens (tertiary/aromatic N) is 2. The molecule has 0 aromatic heterocycles. The Kier molecular flexibility index (Phi) is 2.09. The summed E-state index contributed by atoms with van der Waals surface area (Å²) in [7, 11) is 0. The van der Waals surface area contributed by atoms with E-state index < -0.39 is 0 Å². The van der Waals surface area contributed by atoms with Crippen molar-refractivity contribution in [1.82, 2.24) is 4.90 Å².